The van der Waals surface area contributed by atoms with Crippen LogP contribution >= 0.6 is 11.3 Å². The van der Waals surface area contributed by atoms with Crippen LogP contribution in [0.25, 0.3) is 38.0 Å². The number of nitrogens with zero attached hydrogens (tertiary/aromatic N) is 4. The van der Waals surface area contributed by atoms with Gasteiger partial charge in [0.15, 0.2) is 0 Å². The van der Waals surface area contributed by atoms with Crippen molar-refractivity contribution in [2.24, 2.45) is 22.7 Å². The fraction of sp³-hybridized carbons (Fsp3) is 0.455. The summed E-state index contributed by atoms with van der Waals surface area (Å²) in [4.78, 5) is 70.5. The van der Waals surface area contributed by atoms with E-state index in [0.29, 0.717) is 19.5 Å². The third-order valence-corrected chi connectivity index (χ3v) is 12.8. The first-order valence-corrected chi connectivity index (χ1v) is 20.7. The van der Waals surface area contributed by atoms with Crippen molar-refractivity contribution >= 4 is 57.3 Å². The Hall–Kier alpha value is -5.30. The molecule has 2 aromatic carbocycles. The molecule has 3 amide bonds. The van der Waals surface area contributed by atoms with E-state index < -0.39 is 18.1 Å². The average molecular weight is 793 g/mol. The minimum atomic E-state index is -0.657. The number of methoxy groups -OCH3 is 2. The fourth-order valence-corrected chi connectivity index (χ4v) is 9.35. The van der Waals surface area contributed by atoms with Crippen molar-refractivity contribution in [2.75, 3.05) is 27.3 Å². The van der Waals surface area contributed by atoms with E-state index in [4.69, 9.17) is 19.5 Å². The van der Waals surface area contributed by atoms with Gasteiger partial charge in [-0.2, -0.15) is 0 Å². The van der Waals surface area contributed by atoms with E-state index >= 15 is 0 Å². The number of H-pyrrole nitrogens is 1. The van der Waals surface area contributed by atoms with Gasteiger partial charge in [0.25, 0.3) is 0 Å². The highest BCUT2D eigenvalue weighted by Crippen LogP contribution is 2.39. The Labute approximate surface area is 337 Å². The molecule has 2 N–H and O–H groups in total. The van der Waals surface area contributed by atoms with Gasteiger partial charge < -0.3 is 29.6 Å². The summed E-state index contributed by atoms with van der Waals surface area (Å²) in [5.41, 5.74) is 5.17. The molecular formula is C44H52N6O6S. The highest BCUT2D eigenvalue weighted by molar-refractivity contribution is 7.16. The number of aromatic amines is 1. The molecule has 0 bridgehead atoms. The molecule has 12 nitrogen and oxygen atoms in total. The number of hydrogen-bond acceptors (Lipinski definition) is 9. The number of thiophene rings is 1. The predicted octanol–water partition coefficient (Wildman–Crippen LogP) is 8.01. The summed E-state index contributed by atoms with van der Waals surface area (Å²) in [7, 11) is 2.66. The van der Waals surface area contributed by atoms with Crippen molar-refractivity contribution in [3.05, 3.63) is 71.6 Å². The number of likely N-dealkylation sites (tertiary alicyclic amines) is 2. The number of nitrogens with one attached hydrogen (secondary N) is 2. The number of rotatable bonds is 12. The third kappa shape index (κ3) is 8.39. The summed E-state index contributed by atoms with van der Waals surface area (Å²) in [5, 5.41) is 4.96. The number of imidazole rings is 1. The van der Waals surface area contributed by atoms with Crippen LogP contribution in [0.4, 0.5) is 4.79 Å². The fourth-order valence-electron chi connectivity index (χ4n) is 8.34. The van der Waals surface area contributed by atoms with Crippen LogP contribution in [0.5, 0.6) is 0 Å². The van der Waals surface area contributed by atoms with Crippen LogP contribution in [-0.4, -0.2) is 88.7 Å². The molecule has 3 aliphatic rings. The van der Waals surface area contributed by atoms with Gasteiger partial charge in [-0.3, -0.25) is 19.4 Å². The number of alkyl carbamates (subject to hydrolysis) is 1. The maximum absolute atomic E-state index is 13.6. The van der Waals surface area contributed by atoms with Crippen molar-refractivity contribution in [1.82, 2.24) is 25.1 Å². The lowest BCUT2D eigenvalue weighted by molar-refractivity contribution is -0.148. The Morgan fingerprint density at radius 2 is 1.51 bits per heavy atom. The van der Waals surface area contributed by atoms with Crippen molar-refractivity contribution in [3.8, 4) is 21.7 Å². The molecule has 300 valence electrons. The summed E-state index contributed by atoms with van der Waals surface area (Å²) in [6, 6.07) is 16.3. The largest absolute Gasteiger partial charge is 0.469 e. The lowest BCUT2D eigenvalue weighted by Gasteiger charge is -2.31. The molecule has 0 saturated carbocycles. The van der Waals surface area contributed by atoms with Gasteiger partial charge in [-0.15, -0.1) is 11.3 Å². The molecule has 2 saturated heterocycles. The van der Waals surface area contributed by atoms with Gasteiger partial charge in [-0.25, -0.2) is 9.78 Å². The molecule has 0 radical (unpaired) electrons. The SMILES string of the molecule is COC(=O)C[C@H](C(=O)N1CCCC1c1ncc(-c2ccc3cc(-c4ccc(C5=CN=C(C6CCCN6C(=O)[C@@H](NC(=O)OC)C(C)C)C5)s4)ccc3c2)[nH]1)C(C)C. The number of ether oxygens (including phenoxy) is 2. The van der Waals surface area contributed by atoms with Crippen molar-refractivity contribution < 1.29 is 28.7 Å². The highest BCUT2D eigenvalue weighted by Gasteiger charge is 2.39. The maximum atomic E-state index is 13.6. The molecule has 5 heterocycles. The Morgan fingerprint density at radius 3 is 2.19 bits per heavy atom. The molecule has 2 aromatic heterocycles. The number of carbonyl (C=O) groups is 4. The number of allylic oxidation sites excluding steroid dienone is 1. The summed E-state index contributed by atoms with van der Waals surface area (Å²) in [6.45, 7) is 9.06. The van der Waals surface area contributed by atoms with E-state index in [9.17, 15) is 19.2 Å². The number of esters is 1. The smallest absolute Gasteiger partial charge is 0.407 e. The zero-order chi connectivity index (χ0) is 40.4. The Morgan fingerprint density at radius 1 is 0.842 bits per heavy atom. The minimum Gasteiger partial charge on any atom is -0.469 e. The van der Waals surface area contributed by atoms with E-state index in [1.54, 1.807) is 11.3 Å². The van der Waals surface area contributed by atoms with Crippen molar-refractivity contribution in [3.63, 3.8) is 0 Å². The van der Waals surface area contributed by atoms with Gasteiger partial charge in [0.2, 0.25) is 11.8 Å². The van der Waals surface area contributed by atoms with E-state index in [2.05, 4.69) is 58.8 Å². The van der Waals surface area contributed by atoms with Crippen LogP contribution in [0, 0.1) is 17.8 Å². The Bertz CT molecular complexity index is 2220. The summed E-state index contributed by atoms with van der Waals surface area (Å²) >= 11 is 1.74. The Balaban J connectivity index is 1.01. The van der Waals surface area contributed by atoms with Gasteiger partial charge in [0, 0.05) is 46.7 Å². The topological polar surface area (TPSA) is 146 Å². The van der Waals surface area contributed by atoms with Crippen LogP contribution in [0.15, 0.2) is 65.9 Å². The molecule has 2 unspecified atom stereocenters. The standard InChI is InChI=1S/C44H52N6O6S/c1-25(2)32(22-39(51)55-5)42(52)50-18-8-10-36(50)41-46-24-34(47-41)29-13-11-28-20-30(14-12-27(28)19-29)37-15-16-38(57-37)31-21-33(45-23-31)35-9-7-17-49(35)43(53)40(26(3)4)48-44(54)56-6/h11-16,19-20,23-26,32,35-36,40H,7-10,17-18,21-22H2,1-6H3,(H,46,47)(H,48,54)/t32-,35?,36?,40-/m0/s1. The van der Waals surface area contributed by atoms with E-state index in [1.807, 2.05) is 49.9 Å². The first-order chi connectivity index (χ1) is 27.4. The highest BCUT2D eigenvalue weighted by atomic mass is 32.1. The molecule has 3 aliphatic heterocycles. The number of amides is 3. The normalized spacial score (nSPS) is 19.2. The van der Waals surface area contributed by atoms with Crippen molar-refractivity contribution in [2.45, 2.75) is 84.3 Å². The molecule has 0 aliphatic carbocycles. The van der Waals surface area contributed by atoms with Gasteiger partial charge in [0.1, 0.15) is 11.9 Å². The van der Waals surface area contributed by atoms with E-state index in [-0.39, 0.29) is 48.1 Å². The number of fused-ring (bicyclic) bond motifs is 1. The van der Waals surface area contributed by atoms with Gasteiger partial charge in [0.05, 0.1) is 50.5 Å². The molecular weight excluding hydrogens is 741 g/mol. The second kappa shape index (κ2) is 17.1. The summed E-state index contributed by atoms with van der Waals surface area (Å²) < 4.78 is 9.66. The number of carbonyl (C=O) groups excluding carboxylic acids is 4. The Kier molecular flexibility index (Phi) is 11.9. The molecule has 2 fully saturated rings. The van der Waals surface area contributed by atoms with Crippen LogP contribution in [-0.2, 0) is 23.9 Å². The van der Waals surface area contributed by atoms with Crippen LogP contribution in [0.3, 0.4) is 0 Å². The molecule has 4 atom stereocenters. The molecule has 7 rings (SSSR count). The minimum absolute atomic E-state index is 0.00846. The maximum Gasteiger partial charge on any atom is 0.407 e. The lowest BCUT2D eigenvalue weighted by Crippen LogP contribution is -2.53. The average Bonchev–Trinajstić information content (AvgIpc) is 4.06. The number of aliphatic imine (C=N–C) groups is 1. The molecule has 57 heavy (non-hydrogen) atoms. The van der Waals surface area contributed by atoms with Crippen LogP contribution < -0.4 is 5.32 Å². The summed E-state index contributed by atoms with van der Waals surface area (Å²) in [6.07, 6.45) is 7.37. The second-order valence-electron chi connectivity index (χ2n) is 15.9. The van der Waals surface area contributed by atoms with Crippen LogP contribution in [0.2, 0.25) is 0 Å². The van der Waals surface area contributed by atoms with Crippen molar-refractivity contribution in [1.29, 1.82) is 0 Å². The quantitative estimate of drug-likeness (QED) is 0.138. The van der Waals surface area contributed by atoms with Gasteiger partial charge in [-0.1, -0.05) is 52.0 Å². The molecule has 0 spiro atoms. The second-order valence-corrected chi connectivity index (χ2v) is 17.0. The summed E-state index contributed by atoms with van der Waals surface area (Å²) in [5.74, 6) is -0.236. The third-order valence-electron chi connectivity index (χ3n) is 11.6. The molecule has 13 heteroatoms. The van der Waals surface area contributed by atoms with Crippen LogP contribution in [0.1, 0.15) is 83.0 Å². The monoisotopic (exact) mass is 792 g/mol. The zero-order valence-corrected chi connectivity index (χ0v) is 34.4. The lowest BCUT2D eigenvalue weighted by atomic mass is 9.91. The van der Waals surface area contributed by atoms with E-state index in [0.717, 1.165) is 80.1 Å². The first kappa shape index (κ1) is 39.9. The zero-order valence-electron chi connectivity index (χ0n) is 33.5. The van der Waals surface area contributed by atoms with E-state index in [1.165, 1.54) is 14.2 Å². The number of hydrogen-bond donors (Lipinski definition) is 2. The molecule has 4 aromatic rings. The number of benzene rings is 2. The predicted molar refractivity (Wildman–Crippen MR) is 222 cm³/mol. The van der Waals surface area contributed by atoms with Gasteiger partial charge >= 0.3 is 12.1 Å². The van der Waals surface area contributed by atoms with Gasteiger partial charge in [-0.05, 0) is 83.7 Å². The first-order valence-electron chi connectivity index (χ1n) is 19.9. The number of aromatic nitrogens is 2.